The number of hydrogen-bond donors (Lipinski definition) is 1. The van der Waals surface area contributed by atoms with E-state index in [4.69, 9.17) is 14.6 Å². The van der Waals surface area contributed by atoms with Crippen LogP contribution in [0.15, 0.2) is 36.9 Å². The van der Waals surface area contributed by atoms with Gasteiger partial charge in [-0.1, -0.05) is 18.2 Å². The Morgan fingerprint density at radius 1 is 1.44 bits per heavy atom. The molecule has 0 saturated carbocycles. The quantitative estimate of drug-likeness (QED) is 0.720. The van der Waals surface area contributed by atoms with Crippen LogP contribution in [0.1, 0.15) is 18.4 Å². The highest BCUT2D eigenvalue weighted by atomic mass is 16.5. The number of carboxylic acid groups (broad SMARTS) is 1. The first-order valence-electron chi connectivity index (χ1n) is 5.75. The number of rotatable bonds is 8. The van der Waals surface area contributed by atoms with E-state index in [9.17, 15) is 4.79 Å². The van der Waals surface area contributed by atoms with Crippen molar-refractivity contribution in [2.24, 2.45) is 0 Å². The molecule has 0 unspecified atom stereocenters. The first kappa shape index (κ1) is 14.3. The molecule has 4 nitrogen and oxygen atoms in total. The van der Waals surface area contributed by atoms with Gasteiger partial charge in [0.05, 0.1) is 13.7 Å². The van der Waals surface area contributed by atoms with E-state index in [-0.39, 0.29) is 6.61 Å². The SMILES string of the molecule is C=CCC[C@H](OCc1ccc(OC)cc1)C(=O)O. The smallest absolute Gasteiger partial charge is 0.332 e. The predicted octanol–water partition coefficient (Wildman–Crippen LogP) is 2.63. The summed E-state index contributed by atoms with van der Waals surface area (Å²) in [5.41, 5.74) is 0.917. The molecule has 1 aromatic carbocycles. The minimum Gasteiger partial charge on any atom is -0.497 e. The highest BCUT2D eigenvalue weighted by Crippen LogP contribution is 2.13. The number of carboxylic acids is 1. The molecule has 0 bridgehead atoms. The van der Waals surface area contributed by atoms with Crippen LogP contribution >= 0.6 is 0 Å². The van der Waals surface area contributed by atoms with Gasteiger partial charge >= 0.3 is 5.97 Å². The van der Waals surface area contributed by atoms with Gasteiger partial charge < -0.3 is 14.6 Å². The third-order valence-corrected chi connectivity index (χ3v) is 2.52. The zero-order chi connectivity index (χ0) is 13.4. The Labute approximate surface area is 107 Å². The van der Waals surface area contributed by atoms with E-state index in [0.29, 0.717) is 12.8 Å². The van der Waals surface area contributed by atoms with Crippen LogP contribution in [-0.2, 0) is 16.1 Å². The van der Waals surface area contributed by atoms with Crippen molar-refractivity contribution in [1.29, 1.82) is 0 Å². The second kappa shape index (κ2) is 7.50. The third kappa shape index (κ3) is 4.59. The van der Waals surface area contributed by atoms with Crippen molar-refractivity contribution in [2.45, 2.75) is 25.6 Å². The lowest BCUT2D eigenvalue weighted by molar-refractivity contribution is -0.151. The Morgan fingerprint density at radius 3 is 2.61 bits per heavy atom. The summed E-state index contributed by atoms with van der Waals surface area (Å²) in [6.07, 6.45) is 1.96. The van der Waals surface area contributed by atoms with Crippen molar-refractivity contribution in [3.05, 3.63) is 42.5 Å². The standard InChI is InChI=1S/C14H18O4/c1-3-4-5-13(14(15)16)18-10-11-6-8-12(17-2)9-7-11/h3,6-9,13H,1,4-5,10H2,2H3,(H,15,16)/t13-/m0/s1. The number of carbonyl (C=O) groups is 1. The summed E-state index contributed by atoms with van der Waals surface area (Å²) >= 11 is 0. The predicted molar refractivity (Wildman–Crippen MR) is 68.6 cm³/mol. The average molecular weight is 250 g/mol. The first-order chi connectivity index (χ1) is 8.67. The number of hydrogen-bond acceptors (Lipinski definition) is 3. The minimum absolute atomic E-state index is 0.276. The molecule has 0 heterocycles. The van der Waals surface area contributed by atoms with Gasteiger partial charge in [-0.15, -0.1) is 6.58 Å². The zero-order valence-corrected chi connectivity index (χ0v) is 10.5. The summed E-state index contributed by atoms with van der Waals surface area (Å²) in [5, 5.41) is 8.98. The molecule has 0 amide bonds. The monoisotopic (exact) mass is 250 g/mol. The van der Waals surface area contributed by atoms with E-state index in [1.165, 1.54) is 0 Å². The summed E-state index contributed by atoms with van der Waals surface area (Å²) in [6, 6.07) is 7.34. The Balaban J connectivity index is 2.49. The van der Waals surface area contributed by atoms with E-state index in [2.05, 4.69) is 6.58 Å². The van der Waals surface area contributed by atoms with Gasteiger partial charge in [-0.05, 0) is 30.5 Å². The molecular weight excluding hydrogens is 232 g/mol. The fraction of sp³-hybridized carbons (Fsp3) is 0.357. The number of allylic oxidation sites excluding steroid dienone is 1. The maximum atomic E-state index is 10.9. The Hall–Kier alpha value is -1.81. The summed E-state index contributed by atoms with van der Waals surface area (Å²) in [7, 11) is 1.60. The normalized spacial score (nSPS) is 11.8. The van der Waals surface area contributed by atoms with E-state index in [1.54, 1.807) is 13.2 Å². The van der Waals surface area contributed by atoms with E-state index in [1.807, 2.05) is 24.3 Å². The Morgan fingerprint density at radius 2 is 2.11 bits per heavy atom. The van der Waals surface area contributed by atoms with Crippen LogP contribution in [0.2, 0.25) is 0 Å². The lowest BCUT2D eigenvalue weighted by atomic mass is 10.2. The topological polar surface area (TPSA) is 55.8 Å². The summed E-state index contributed by atoms with van der Waals surface area (Å²) < 4.78 is 10.4. The van der Waals surface area contributed by atoms with Crippen molar-refractivity contribution in [2.75, 3.05) is 7.11 Å². The minimum atomic E-state index is -0.939. The van der Waals surface area contributed by atoms with E-state index in [0.717, 1.165) is 11.3 Å². The number of methoxy groups -OCH3 is 1. The fourth-order valence-corrected chi connectivity index (χ4v) is 1.47. The fourth-order valence-electron chi connectivity index (χ4n) is 1.47. The molecule has 0 radical (unpaired) electrons. The summed E-state index contributed by atoms with van der Waals surface area (Å²) in [4.78, 5) is 10.9. The molecule has 0 fully saturated rings. The Bertz CT molecular complexity index is 383. The van der Waals surface area contributed by atoms with Crippen molar-refractivity contribution < 1.29 is 19.4 Å². The van der Waals surface area contributed by atoms with Crippen LogP contribution in [0.5, 0.6) is 5.75 Å². The average Bonchev–Trinajstić information content (AvgIpc) is 2.39. The van der Waals surface area contributed by atoms with Crippen LogP contribution in [0.25, 0.3) is 0 Å². The van der Waals surface area contributed by atoms with Crippen molar-refractivity contribution >= 4 is 5.97 Å². The molecule has 1 aromatic rings. The largest absolute Gasteiger partial charge is 0.497 e. The molecule has 0 saturated heterocycles. The van der Waals surface area contributed by atoms with E-state index < -0.39 is 12.1 Å². The van der Waals surface area contributed by atoms with Crippen molar-refractivity contribution in [3.63, 3.8) is 0 Å². The molecular formula is C14H18O4. The highest BCUT2D eigenvalue weighted by molar-refractivity contribution is 5.72. The number of aliphatic carboxylic acids is 1. The van der Waals surface area contributed by atoms with Gasteiger partial charge in [0.15, 0.2) is 6.10 Å². The molecule has 4 heteroatoms. The molecule has 1 N–H and O–H groups in total. The number of ether oxygens (including phenoxy) is 2. The maximum Gasteiger partial charge on any atom is 0.332 e. The lowest BCUT2D eigenvalue weighted by Crippen LogP contribution is -2.23. The van der Waals surface area contributed by atoms with Gasteiger partial charge in [0.1, 0.15) is 5.75 Å². The van der Waals surface area contributed by atoms with Gasteiger partial charge in [0, 0.05) is 0 Å². The molecule has 98 valence electrons. The second-order valence-corrected chi connectivity index (χ2v) is 3.85. The Kier molecular flexibility index (Phi) is 5.94. The molecule has 0 aliphatic heterocycles. The molecule has 0 spiro atoms. The highest BCUT2D eigenvalue weighted by Gasteiger charge is 2.16. The van der Waals surface area contributed by atoms with Crippen LogP contribution in [-0.4, -0.2) is 24.3 Å². The van der Waals surface area contributed by atoms with Crippen LogP contribution in [0.3, 0.4) is 0 Å². The molecule has 18 heavy (non-hydrogen) atoms. The number of benzene rings is 1. The third-order valence-electron chi connectivity index (χ3n) is 2.52. The summed E-state index contributed by atoms with van der Waals surface area (Å²) in [5.74, 6) is -0.175. The van der Waals surface area contributed by atoms with E-state index >= 15 is 0 Å². The van der Waals surface area contributed by atoms with Crippen LogP contribution < -0.4 is 4.74 Å². The molecule has 1 atom stereocenters. The molecule has 0 aromatic heterocycles. The molecule has 0 aliphatic rings. The molecule has 1 rings (SSSR count). The second-order valence-electron chi connectivity index (χ2n) is 3.85. The van der Waals surface area contributed by atoms with Gasteiger partial charge in [0.25, 0.3) is 0 Å². The molecule has 0 aliphatic carbocycles. The van der Waals surface area contributed by atoms with Gasteiger partial charge in [-0.2, -0.15) is 0 Å². The maximum absolute atomic E-state index is 10.9. The van der Waals surface area contributed by atoms with Crippen molar-refractivity contribution in [1.82, 2.24) is 0 Å². The van der Waals surface area contributed by atoms with Crippen LogP contribution in [0.4, 0.5) is 0 Å². The van der Waals surface area contributed by atoms with Gasteiger partial charge in [-0.25, -0.2) is 4.79 Å². The van der Waals surface area contributed by atoms with Gasteiger partial charge in [-0.3, -0.25) is 0 Å². The van der Waals surface area contributed by atoms with Gasteiger partial charge in [0.2, 0.25) is 0 Å². The van der Waals surface area contributed by atoms with Crippen LogP contribution in [0, 0.1) is 0 Å². The summed E-state index contributed by atoms with van der Waals surface area (Å²) in [6.45, 7) is 3.84. The lowest BCUT2D eigenvalue weighted by Gasteiger charge is -2.12. The zero-order valence-electron chi connectivity index (χ0n) is 10.5. The van der Waals surface area contributed by atoms with Crippen molar-refractivity contribution in [3.8, 4) is 5.75 Å². The first-order valence-corrected chi connectivity index (χ1v) is 5.75.